The van der Waals surface area contributed by atoms with Crippen molar-refractivity contribution in [3.8, 4) is 0 Å². The Balaban J connectivity index is 1.53. The van der Waals surface area contributed by atoms with Crippen LogP contribution in [0.3, 0.4) is 0 Å². The van der Waals surface area contributed by atoms with Crippen LogP contribution in [-0.4, -0.2) is 140 Å². The first kappa shape index (κ1) is 101. The van der Waals surface area contributed by atoms with Gasteiger partial charge in [0.1, 0.15) is 48.8 Å². The fourth-order valence-electron chi connectivity index (χ4n) is 15.9. The molecular weight excluding hydrogens is 1330 g/mol. The van der Waals surface area contributed by atoms with Crippen LogP contribution in [0.5, 0.6) is 0 Å². The second kappa shape index (κ2) is 76.1. The van der Waals surface area contributed by atoms with E-state index in [1.54, 1.807) is 0 Å². The van der Waals surface area contributed by atoms with Crippen LogP contribution in [0.2, 0.25) is 0 Å². The lowest BCUT2D eigenvalue weighted by Crippen LogP contribution is -2.65. The second-order valence-corrected chi connectivity index (χ2v) is 33.1. The first-order chi connectivity index (χ1) is 52.1. The van der Waals surface area contributed by atoms with Gasteiger partial charge >= 0.3 is 0 Å². The van der Waals surface area contributed by atoms with E-state index >= 15 is 0 Å². The zero-order chi connectivity index (χ0) is 76.5. The number of hydrogen-bond acceptors (Lipinski definition) is 13. The Hall–Kier alpha value is -1.53. The molecule has 2 aliphatic rings. The van der Waals surface area contributed by atoms with Crippen molar-refractivity contribution in [1.82, 2.24) is 5.32 Å². The third kappa shape index (κ3) is 57.5. The van der Waals surface area contributed by atoms with Gasteiger partial charge in [0.15, 0.2) is 12.6 Å². The Labute approximate surface area is 653 Å². The van der Waals surface area contributed by atoms with Crippen LogP contribution in [0.15, 0.2) is 24.3 Å². The van der Waals surface area contributed by atoms with Gasteiger partial charge in [-0.15, -0.1) is 0 Å². The van der Waals surface area contributed by atoms with Crippen molar-refractivity contribution in [1.29, 1.82) is 0 Å². The average Bonchev–Trinajstić information content (AvgIpc) is 0.790. The molecule has 628 valence electrons. The van der Waals surface area contributed by atoms with E-state index in [4.69, 9.17) is 18.9 Å². The minimum Gasteiger partial charge on any atom is -0.394 e. The minimum atomic E-state index is -1.78. The van der Waals surface area contributed by atoms with E-state index < -0.39 is 86.8 Å². The lowest BCUT2D eigenvalue weighted by Gasteiger charge is -2.46. The molecule has 0 aromatic carbocycles. The van der Waals surface area contributed by atoms with Crippen LogP contribution in [-0.2, 0) is 23.7 Å². The van der Waals surface area contributed by atoms with Crippen LogP contribution in [0, 0.1) is 0 Å². The Morgan fingerprint density at radius 1 is 0.340 bits per heavy atom. The Morgan fingerprint density at radius 3 is 0.943 bits per heavy atom. The summed E-state index contributed by atoms with van der Waals surface area (Å²) < 4.78 is 23.0. The third-order valence-electron chi connectivity index (χ3n) is 23.2. The fourth-order valence-corrected chi connectivity index (χ4v) is 15.9. The van der Waals surface area contributed by atoms with Crippen molar-refractivity contribution < 1.29 is 64.6 Å². The van der Waals surface area contributed by atoms with Gasteiger partial charge in [-0.1, -0.05) is 436 Å². The summed E-state index contributed by atoms with van der Waals surface area (Å²) in [6, 6.07) is -0.828. The van der Waals surface area contributed by atoms with Crippen LogP contribution >= 0.6 is 0 Å². The fraction of sp³-hybridized carbons (Fsp3) is 0.946. The normalized spacial score (nSPS) is 21.3. The molecule has 106 heavy (non-hydrogen) atoms. The van der Waals surface area contributed by atoms with Gasteiger partial charge in [0, 0.05) is 6.42 Å². The molecule has 2 aliphatic heterocycles. The standard InChI is InChI=1S/C92H177NO13/c1-3-5-7-9-11-13-15-17-19-21-23-25-27-29-31-33-35-36-37-38-39-40-41-42-43-44-46-48-50-52-54-56-58-60-62-64-66-68-70-72-74-76-84(97)93-80(79-103-91-89(102)87(100)90(83(78-95)105-91)106-92-88(101)86(99)85(98)82(77-94)104-92)81(96)75-73-71-69-67-65-63-61-59-57-55-53-51-49-47-45-34-32-30-28-26-24-22-20-18-16-14-12-10-8-6-4-2/h15,17,21,23,80-83,85-92,94-96,98-102H,3-14,16,18-20,22,24-79H2,1-2H3,(H,93,97)/b17-15-,23-21-. The monoisotopic (exact) mass is 1500 g/mol. The number of ether oxygens (including phenoxy) is 4. The molecule has 2 saturated heterocycles. The molecule has 2 fully saturated rings. The molecule has 0 spiro atoms. The maximum Gasteiger partial charge on any atom is 0.220 e. The summed E-state index contributed by atoms with van der Waals surface area (Å²) in [7, 11) is 0. The minimum absolute atomic E-state index is 0.195. The maximum absolute atomic E-state index is 13.5. The smallest absolute Gasteiger partial charge is 0.220 e. The zero-order valence-electron chi connectivity index (χ0n) is 69.5. The molecule has 0 bridgehead atoms. The lowest BCUT2D eigenvalue weighted by molar-refractivity contribution is -0.359. The molecule has 14 heteroatoms. The van der Waals surface area contributed by atoms with Crippen LogP contribution in [0.4, 0.5) is 0 Å². The van der Waals surface area contributed by atoms with Crippen molar-refractivity contribution in [2.24, 2.45) is 0 Å². The predicted octanol–water partition coefficient (Wildman–Crippen LogP) is 22.9. The molecule has 12 unspecified atom stereocenters. The lowest BCUT2D eigenvalue weighted by atomic mass is 9.97. The molecule has 14 nitrogen and oxygen atoms in total. The number of allylic oxidation sites excluding steroid dienone is 4. The largest absolute Gasteiger partial charge is 0.394 e. The summed E-state index contributed by atoms with van der Waals surface area (Å²) in [6.45, 7) is 2.94. The number of amides is 1. The van der Waals surface area contributed by atoms with Crippen LogP contribution in [0.25, 0.3) is 0 Å². The molecule has 0 saturated carbocycles. The summed E-state index contributed by atoms with van der Waals surface area (Å²) in [5.41, 5.74) is 0. The van der Waals surface area contributed by atoms with Crippen molar-refractivity contribution in [3.05, 3.63) is 24.3 Å². The van der Waals surface area contributed by atoms with Crippen molar-refractivity contribution in [3.63, 3.8) is 0 Å². The summed E-state index contributed by atoms with van der Waals surface area (Å²) in [4.78, 5) is 13.5. The highest BCUT2D eigenvalue weighted by atomic mass is 16.7. The van der Waals surface area contributed by atoms with E-state index in [0.29, 0.717) is 12.8 Å². The molecule has 12 atom stereocenters. The topological polar surface area (TPSA) is 228 Å². The van der Waals surface area contributed by atoms with Gasteiger partial charge in [-0.2, -0.15) is 0 Å². The molecule has 0 aromatic heterocycles. The molecule has 1 amide bonds. The second-order valence-electron chi connectivity index (χ2n) is 33.1. The number of carbonyl (C=O) groups is 1. The number of nitrogens with one attached hydrogen (secondary N) is 1. The average molecular weight is 1510 g/mol. The number of unbranched alkanes of at least 4 members (excludes halogenated alkanes) is 64. The summed E-state index contributed by atoms with van der Waals surface area (Å²) in [6.07, 6.45) is 84.2. The predicted molar refractivity (Wildman–Crippen MR) is 443 cm³/mol. The molecule has 2 heterocycles. The SMILES string of the molecule is CCCCCCC/C=C\C/C=C\CCCCCCCCCCCCCCCCCCCCCCCCCCCCCCCC(=O)NC(COC1OC(CO)C(OC2OC(CO)C(O)C(O)C2O)C(O)C1O)C(O)CCCCCCCCCCCCCCCCCCCCCCCCCCCCCCCCC. The van der Waals surface area contributed by atoms with E-state index in [1.165, 1.54) is 379 Å². The highest BCUT2D eigenvalue weighted by Gasteiger charge is 2.51. The molecule has 0 radical (unpaired) electrons. The number of aliphatic hydroxyl groups excluding tert-OH is 8. The van der Waals surface area contributed by atoms with E-state index in [2.05, 4.69) is 43.5 Å². The first-order valence-electron chi connectivity index (χ1n) is 46.6. The van der Waals surface area contributed by atoms with E-state index in [0.717, 1.165) is 57.8 Å². The van der Waals surface area contributed by atoms with Gasteiger partial charge in [0.2, 0.25) is 5.91 Å². The quantitative estimate of drug-likeness (QED) is 0.0204. The number of carbonyl (C=O) groups excluding carboxylic acids is 1. The molecular formula is C92H177NO13. The van der Waals surface area contributed by atoms with Gasteiger partial charge in [-0.3, -0.25) is 4.79 Å². The van der Waals surface area contributed by atoms with Crippen molar-refractivity contribution in [2.45, 2.75) is 537 Å². The van der Waals surface area contributed by atoms with E-state index in [-0.39, 0.29) is 12.5 Å². The molecule has 2 rings (SSSR count). The number of aliphatic hydroxyl groups is 8. The van der Waals surface area contributed by atoms with Crippen LogP contribution in [0.1, 0.15) is 463 Å². The summed E-state index contributed by atoms with van der Waals surface area (Å²) in [5.74, 6) is -0.195. The molecule has 9 N–H and O–H groups in total. The van der Waals surface area contributed by atoms with Gasteiger partial charge in [0.25, 0.3) is 0 Å². The number of hydrogen-bond donors (Lipinski definition) is 9. The van der Waals surface area contributed by atoms with E-state index in [1.807, 2.05) is 0 Å². The highest BCUT2D eigenvalue weighted by Crippen LogP contribution is 2.31. The van der Waals surface area contributed by atoms with Gasteiger partial charge in [-0.05, 0) is 44.9 Å². The van der Waals surface area contributed by atoms with E-state index in [9.17, 15) is 45.6 Å². The molecule has 0 aromatic rings. The Bertz CT molecular complexity index is 1870. The van der Waals surface area contributed by atoms with Crippen molar-refractivity contribution in [2.75, 3.05) is 19.8 Å². The third-order valence-corrected chi connectivity index (χ3v) is 23.2. The van der Waals surface area contributed by atoms with Gasteiger partial charge in [0.05, 0.1) is 32.0 Å². The Kier molecular flexibility index (Phi) is 72.2. The summed E-state index contributed by atoms with van der Waals surface area (Å²) >= 11 is 0. The van der Waals surface area contributed by atoms with Crippen molar-refractivity contribution >= 4 is 5.91 Å². The Morgan fingerprint density at radius 2 is 0.623 bits per heavy atom. The first-order valence-corrected chi connectivity index (χ1v) is 46.6. The van der Waals surface area contributed by atoms with Gasteiger partial charge < -0.3 is 65.1 Å². The van der Waals surface area contributed by atoms with Gasteiger partial charge in [-0.25, -0.2) is 0 Å². The highest BCUT2D eigenvalue weighted by molar-refractivity contribution is 5.76. The van der Waals surface area contributed by atoms with Crippen LogP contribution < -0.4 is 5.32 Å². The number of rotatable bonds is 81. The zero-order valence-corrected chi connectivity index (χ0v) is 69.5. The summed E-state index contributed by atoms with van der Waals surface area (Å²) in [5, 5.41) is 88.1. The molecule has 0 aliphatic carbocycles. The maximum atomic E-state index is 13.5.